The zero-order valence-electron chi connectivity index (χ0n) is 28.4. The van der Waals surface area contributed by atoms with Crippen LogP contribution in [-0.2, 0) is 14.3 Å². The Morgan fingerprint density at radius 3 is 2.43 bits per heavy atom. The number of hydrogen-bond donors (Lipinski definition) is 2. The first-order chi connectivity index (χ1) is 24.0. The zero-order chi connectivity index (χ0) is 34.0. The van der Waals surface area contributed by atoms with Gasteiger partial charge in [-0.15, -0.1) is 0 Å². The quantitative estimate of drug-likeness (QED) is 0.0901. The van der Waals surface area contributed by atoms with E-state index >= 15 is 0 Å². The van der Waals surface area contributed by atoms with Gasteiger partial charge in [-0.2, -0.15) is 4.98 Å². The first kappa shape index (κ1) is 33.9. The summed E-state index contributed by atoms with van der Waals surface area (Å²) >= 11 is 0. The average Bonchev–Trinajstić information content (AvgIpc) is 3.75. The van der Waals surface area contributed by atoms with Crippen LogP contribution < -0.4 is 15.5 Å². The maximum absolute atomic E-state index is 12.4. The van der Waals surface area contributed by atoms with Gasteiger partial charge in [0.1, 0.15) is 5.52 Å². The molecule has 2 aliphatic rings. The minimum absolute atomic E-state index is 0.00502. The number of nitrogens with zero attached hydrogens (tertiary/aromatic N) is 7. The van der Waals surface area contributed by atoms with Crippen LogP contribution in [0.2, 0.25) is 0 Å². The number of aromatic nitrogens is 4. The molecule has 1 unspecified atom stereocenters. The molecule has 0 bridgehead atoms. The number of piperazine rings is 1. The number of carbonyl (C=O) groups is 2. The van der Waals surface area contributed by atoms with Crippen LogP contribution >= 0.6 is 0 Å². The van der Waals surface area contributed by atoms with Crippen molar-refractivity contribution in [3.63, 3.8) is 0 Å². The van der Waals surface area contributed by atoms with Crippen molar-refractivity contribution < 1.29 is 14.3 Å². The Morgan fingerprint density at radius 2 is 1.67 bits per heavy atom. The standard InChI is InChI=1S/C37H47N9O3/c1-3-33(47)45-21-19-31(27-45)46-35-32(41-37(46)40-28-12-8-7-9-13-28)26-38-36(42-35)39-29-15-17-30(18-16-29)44-24-22-43(23-25-44)20-11-6-5-10-14-34(48)49-4-2/h3,7-9,12-13,15-18,26,31H,1,4-6,10-11,14,19-25,27H2,2H3,(H,40,41)(H,38,39,42). The van der Waals surface area contributed by atoms with Crippen molar-refractivity contribution in [3.8, 4) is 0 Å². The summed E-state index contributed by atoms with van der Waals surface area (Å²) in [6.07, 6.45) is 8.73. The molecule has 6 rings (SSSR count). The van der Waals surface area contributed by atoms with Crippen LogP contribution in [0.1, 0.15) is 51.5 Å². The lowest BCUT2D eigenvalue weighted by Gasteiger charge is -2.36. The van der Waals surface area contributed by atoms with Gasteiger partial charge >= 0.3 is 5.97 Å². The van der Waals surface area contributed by atoms with Crippen LogP contribution in [0.25, 0.3) is 11.2 Å². The minimum Gasteiger partial charge on any atom is -0.466 e. The summed E-state index contributed by atoms with van der Waals surface area (Å²) in [4.78, 5) is 45.0. The van der Waals surface area contributed by atoms with Crippen molar-refractivity contribution >= 4 is 52.0 Å². The molecule has 49 heavy (non-hydrogen) atoms. The maximum Gasteiger partial charge on any atom is 0.305 e. The lowest BCUT2D eigenvalue weighted by atomic mass is 10.1. The van der Waals surface area contributed by atoms with E-state index in [9.17, 15) is 9.59 Å². The van der Waals surface area contributed by atoms with Gasteiger partial charge < -0.3 is 25.2 Å². The molecule has 4 aromatic rings. The van der Waals surface area contributed by atoms with Gasteiger partial charge in [0.2, 0.25) is 17.8 Å². The fourth-order valence-electron chi connectivity index (χ4n) is 6.62. The highest BCUT2D eigenvalue weighted by Crippen LogP contribution is 2.32. The smallest absolute Gasteiger partial charge is 0.305 e. The molecule has 2 fully saturated rings. The minimum atomic E-state index is -0.0805. The second-order valence-electron chi connectivity index (χ2n) is 12.6. The third-order valence-electron chi connectivity index (χ3n) is 9.25. The summed E-state index contributed by atoms with van der Waals surface area (Å²) in [5, 5.41) is 6.83. The average molecular weight is 666 g/mol. The van der Waals surface area contributed by atoms with Crippen LogP contribution in [0, 0.1) is 0 Å². The van der Waals surface area contributed by atoms with Gasteiger partial charge in [-0.05, 0) is 75.2 Å². The Bertz CT molecular complexity index is 1700. The molecule has 0 aliphatic carbocycles. The third kappa shape index (κ3) is 8.74. The molecule has 4 heterocycles. The van der Waals surface area contributed by atoms with E-state index in [2.05, 4.69) is 60.8 Å². The number of carbonyl (C=O) groups excluding carboxylic acids is 2. The number of rotatable bonds is 15. The highest BCUT2D eigenvalue weighted by molar-refractivity contribution is 5.87. The molecular formula is C37H47N9O3. The van der Waals surface area contributed by atoms with Crippen molar-refractivity contribution in [3.05, 3.63) is 73.4 Å². The molecule has 1 amide bonds. The number of esters is 1. The molecule has 12 heteroatoms. The lowest BCUT2D eigenvalue weighted by molar-refractivity contribution is -0.143. The van der Waals surface area contributed by atoms with Crippen LogP contribution in [0.5, 0.6) is 0 Å². The SMILES string of the molecule is C=CC(=O)N1CCC(n2c(Nc3ccccc3)nc3cnc(Nc4ccc(N5CCN(CCCCCCC(=O)OCC)CC5)cc4)nc32)C1. The van der Waals surface area contributed by atoms with Crippen LogP contribution in [0.4, 0.5) is 29.0 Å². The summed E-state index contributed by atoms with van der Waals surface area (Å²) in [5.74, 6) is 1.01. The fraction of sp³-hybridized carbons (Fsp3) is 0.432. The largest absolute Gasteiger partial charge is 0.466 e. The summed E-state index contributed by atoms with van der Waals surface area (Å²) < 4.78 is 7.11. The van der Waals surface area contributed by atoms with E-state index in [0.29, 0.717) is 49.2 Å². The van der Waals surface area contributed by atoms with Crippen LogP contribution in [-0.4, -0.2) is 93.6 Å². The van der Waals surface area contributed by atoms with Crippen molar-refractivity contribution in [2.45, 2.75) is 51.5 Å². The molecule has 0 radical (unpaired) electrons. The maximum atomic E-state index is 12.4. The van der Waals surface area contributed by atoms with Crippen molar-refractivity contribution in [2.75, 3.05) is 68.0 Å². The van der Waals surface area contributed by atoms with E-state index in [1.165, 1.54) is 11.8 Å². The van der Waals surface area contributed by atoms with Crippen molar-refractivity contribution in [2.24, 2.45) is 0 Å². The number of anilines is 5. The van der Waals surface area contributed by atoms with Gasteiger partial charge in [0.05, 0.1) is 18.8 Å². The molecule has 12 nitrogen and oxygen atoms in total. The number of amides is 1. The molecule has 2 aliphatic heterocycles. The van der Waals surface area contributed by atoms with Gasteiger partial charge in [-0.1, -0.05) is 37.6 Å². The molecular weight excluding hydrogens is 618 g/mol. The number of unbranched alkanes of at least 4 members (excludes halogenated alkanes) is 3. The van der Waals surface area contributed by atoms with Gasteiger partial charge in [0.15, 0.2) is 5.65 Å². The monoisotopic (exact) mass is 665 g/mol. The number of likely N-dealkylation sites (tertiary alicyclic amines) is 1. The van der Waals surface area contributed by atoms with Gasteiger partial charge in [-0.25, -0.2) is 9.97 Å². The van der Waals surface area contributed by atoms with Gasteiger partial charge in [0, 0.05) is 62.8 Å². The normalized spacial score (nSPS) is 16.6. The summed E-state index contributed by atoms with van der Waals surface area (Å²) in [6.45, 7) is 12.4. The van der Waals surface area contributed by atoms with Crippen molar-refractivity contribution in [1.29, 1.82) is 0 Å². The molecule has 0 spiro atoms. The second-order valence-corrected chi connectivity index (χ2v) is 12.6. The molecule has 2 aromatic carbocycles. The molecule has 2 aromatic heterocycles. The number of nitrogens with one attached hydrogen (secondary N) is 2. The number of fused-ring (bicyclic) bond motifs is 1. The predicted octanol–water partition coefficient (Wildman–Crippen LogP) is 5.91. The predicted molar refractivity (Wildman–Crippen MR) is 194 cm³/mol. The first-order valence-electron chi connectivity index (χ1n) is 17.5. The number of benzene rings is 2. The van der Waals surface area contributed by atoms with E-state index in [1.54, 1.807) is 6.20 Å². The summed E-state index contributed by atoms with van der Waals surface area (Å²) in [7, 11) is 0. The van der Waals surface area contributed by atoms with Crippen LogP contribution in [0.3, 0.4) is 0 Å². The number of para-hydroxylation sites is 1. The van der Waals surface area contributed by atoms with E-state index in [1.807, 2.05) is 42.2 Å². The van der Waals surface area contributed by atoms with E-state index in [4.69, 9.17) is 14.7 Å². The topological polar surface area (TPSA) is 121 Å². The van der Waals surface area contributed by atoms with Gasteiger partial charge in [-0.3, -0.25) is 19.1 Å². The Balaban J connectivity index is 1.06. The fourth-order valence-corrected chi connectivity index (χ4v) is 6.62. The van der Waals surface area contributed by atoms with E-state index < -0.39 is 0 Å². The highest BCUT2D eigenvalue weighted by atomic mass is 16.5. The molecule has 258 valence electrons. The third-order valence-corrected chi connectivity index (χ3v) is 9.25. The van der Waals surface area contributed by atoms with Gasteiger partial charge in [0.25, 0.3) is 0 Å². The number of ether oxygens (including phenoxy) is 1. The van der Waals surface area contributed by atoms with Crippen LogP contribution in [0.15, 0.2) is 73.4 Å². The number of imidazole rings is 1. The first-order valence-corrected chi connectivity index (χ1v) is 17.5. The van der Waals surface area contributed by atoms with E-state index in [-0.39, 0.29) is 17.9 Å². The lowest BCUT2D eigenvalue weighted by Crippen LogP contribution is -2.46. The zero-order valence-corrected chi connectivity index (χ0v) is 28.4. The summed E-state index contributed by atoms with van der Waals surface area (Å²) in [6, 6.07) is 18.4. The highest BCUT2D eigenvalue weighted by Gasteiger charge is 2.30. The Kier molecular flexibility index (Phi) is 11.4. The Hall–Kier alpha value is -4.97. The Morgan fingerprint density at radius 1 is 0.918 bits per heavy atom. The van der Waals surface area contributed by atoms with E-state index in [0.717, 1.165) is 76.2 Å². The Labute approximate surface area is 288 Å². The molecule has 1 atom stereocenters. The molecule has 0 saturated carbocycles. The van der Waals surface area contributed by atoms with Crippen molar-refractivity contribution in [1.82, 2.24) is 29.3 Å². The summed E-state index contributed by atoms with van der Waals surface area (Å²) in [5.41, 5.74) is 4.42. The number of hydrogen-bond acceptors (Lipinski definition) is 10. The second kappa shape index (κ2) is 16.4. The molecule has 2 saturated heterocycles. The molecule has 2 N–H and O–H groups in total.